The van der Waals surface area contributed by atoms with Crippen molar-refractivity contribution in [3.8, 4) is 0 Å². The number of rotatable bonds is 3. The minimum atomic E-state index is -0.436. The predicted molar refractivity (Wildman–Crippen MR) is 64.8 cm³/mol. The van der Waals surface area contributed by atoms with Crippen LogP contribution in [0.1, 0.15) is 23.3 Å². The van der Waals surface area contributed by atoms with Crippen molar-refractivity contribution in [1.82, 2.24) is 15.6 Å². The molecule has 2 heterocycles. The summed E-state index contributed by atoms with van der Waals surface area (Å²) >= 11 is 0. The molecular formula is C11H15ClFN3O. The molecule has 0 radical (unpaired) electrons. The van der Waals surface area contributed by atoms with Gasteiger partial charge >= 0.3 is 0 Å². The molecule has 1 amide bonds. The minimum absolute atomic E-state index is 0. The van der Waals surface area contributed by atoms with Crippen LogP contribution in [0.25, 0.3) is 0 Å². The minimum Gasteiger partial charge on any atom is -0.349 e. The van der Waals surface area contributed by atoms with Crippen molar-refractivity contribution in [1.29, 1.82) is 0 Å². The average molecular weight is 260 g/mol. The summed E-state index contributed by atoms with van der Waals surface area (Å²) < 4.78 is 12.6. The van der Waals surface area contributed by atoms with Gasteiger partial charge in [0.1, 0.15) is 11.5 Å². The van der Waals surface area contributed by atoms with Gasteiger partial charge in [0.05, 0.1) is 6.20 Å². The van der Waals surface area contributed by atoms with E-state index in [-0.39, 0.29) is 24.0 Å². The van der Waals surface area contributed by atoms with Crippen LogP contribution in [0.4, 0.5) is 4.39 Å². The molecule has 1 aromatic heterocycles. The monoisotopic (exact) mass is 259 g/mol. The molecule has 1 unspecified atom stereocenters. The normalized spacial score (nSPS) is 18.5. The molecule has 4 nitrogen and oxygen atoms in total. The third kappa shape index (κ3) is 3.94. The lowest BCUT2D eigenvalue weighted by molar-refractivity contribution is 0.0945. The number of carbonyl (C=O) groups is 1. The van der Waals surface area contributed by atoms with E-state index in [0.717, 1.165) is 25.6 Å². The van der Waals surface area contributed by atoms with Crippen LogP contribution in [0.3, 0.4) is 0 Å². The highest BCUT2D eigenvalue weighted by molar-refractivity contribution is 5.92. The summed E-state index contributed by atoms with van der Waals surface area (Å²) in [6.07, 6.45) is 3.27. The number of hydrogen-bond donors (Lipinski definition) is 2. The third-order valence-corrected chi connectivity index (χ3v) is 2.63. The number of aromatic nitrogens is 1. The molecule has 2 N–H and O–H groups in total. The Morgan fingerprint density at radius 1 is 1.59 bits per heavy atom. The lowest BCUT2D eigenvalue weighted by Gasteiger charge is -2.10. The fraction of sp³-hybridized carbons (Fsp3) is 0.455. The lowest BCUT2D eigenvalue weighted by atomic mass is 10.2. The molecule has 94 valence electrons. The van der Waals surface area contributed by atoms with Gasteiger partial charge in [0.15, 0.2) is 0 Å². The van der Waals surface area contributed by atoms with Gasteiger partial charge in [-0.2, -0.15) is 0 Å². The maximum atomic E-state index is 12.6. The molecule has 0 aliphatic carbocycles. The first-order chi connectivity index (χ1) is 7.75. The van der Waals surface area contributed by atoms with Crippen LogP contribution in [0.15, 0.2) is 18.3 Å². The van der Waals surface area contributed by atoms with Crippen LogP contribution < -0.4 is 10.6 Å². The SMILES string of the molecule is Cl.O=C(NCC1CCCN1)c1ccc(F)cn1. The summed E-state index contributed by atoms with van der Waals surface area (Å²) in [7, 11) is 0. The molecule has 6 heteroatoms. The van der Waals surface area contributed by atoms with Gasteiger partial charge in [-0.3, -0.25) is 4.79 Å². The Kier molecular flexibility index (Phi) is 5.31. The van der Waals surface area contributed by atoms with Gasteiger partial charge in [0.2, 0.25) is 0 Å². The number of nitrogens with zero attached hydrogens (tertiary/aromatic N) is 1. The van der Waals surface area contributed by atoms with E-state index in [4.69, 9.17) is 0 Å². The van der Waals surface area contributed by atoms with Crippen molar-refractivity contribution in [3.63, 3.8) is 0 Å². The molecule has 1 aliphatic rings. The first kappa shape index (κ1) is 13.9. The van der Waals surface area contributed by atoms with Crippen molar-refractivity contribution in [2.24, 2.45) is 0 Å². The topological polar surface area (TPSA) is 54.0 Å². The van der Waals surface area contributed by atoms with Gasteiger partial charge < -0.3 is 10.6 Å². The number of halogens is 2. The second-order valence-electron chi connectivity index (χ2n) is 3.86. The Labute approximate surface area is 105 Å². The Morgan fingerprint density at radius 3 is 3.00 bits per heavy atom. The van der Waals surface area contributed by atoms with Crippen LogP contribution in [-0.4, -0.2) is 30.0 Å². The summed E-state index contributed by atoms with van der Waals surface area (Å²) in [6, 6.07) is 2.96. The zero-order valence-corrected chi connectivity index (χ0v) is 10.1. The predicted octanol–water partition coefficient (Wildman–Crippen LogP) is 1.12. The van der Waals surface area contributed by atoms with Crippen molar-refractivity contribution in [3.05, 3.63) is 29.8 Å². The van der Waals surface area contributed by atoms with E-state index in [0.29, 0.717) is 12.6 Å². The van der Waals surface area contributed by atoms with Gasteiger partial charge in [0.25, 0.3) is 5.91 Å². The number of hydrogen-bond acceptors (Lipinski definition) is 3. The molecule has 17 heavy (non-hydrogen) atoms. The molecule has 0 saturated carbocycles. The number of nitrogens with one attached hydrogen (secondary N) is 2. The number of amides is 1. The smallest absolute Gasteiger partial charge is 0.269 e. The Bertz CT molecular complexity index is 365. The van der Waals surface area contributed by atoms with Crippen molar-refractivity contribution < 1.29 is 9.18 Å². The Hall–Kier alpha value is -1.20. The largest absolute Gasteiger partial charge is 0.349 e. The van der Waals surface area contributed by atoms with Gasteiger partial charge in [-0.15, -0.1) is 12.4 Å². The molecule has 1 aliphatic heterocycles. The molecule has 0 bridgehead atoms. The summed E-state index contributed by atoms with van der Waals surface area (Å²) in [4.78, 5) is 15.3. The summed E-state index contributed by atoms with van der Waals surface area (Å²) in [6.45, 7) is 1.60. The zero-order chi connectivity index (χ0) is 11.4. The van der Waals surface area contributed by atoms with Crippen LogP contribution in [0.5, 0.6) is 0 Å². The summed E-state index contributed by atoms with van der Waals surface area (Å²) in [5.41, 5.74) is 0.249. The number of carbonyl (C=O) groups excluding carboxylic acids is 1. The highest BCUT2D eigenvalue weighted by Crippen LogP contribution is 2.04. The Balaban J connectivity index is 0.00000144. The van der Waals surface area contributed by atoms with E-state index in [9.17, 15) is 9.18 Å². The van der Waals surface area contributed by atoms with Crippen molar-refractivity contribution >= 4 is 18.3 Å². The van der Waals surface area contributed by atoms with Gasteiger partial charge in [-0.05, 0) is 31.5 Å². The third-order valence-electron chi connectivity index (χ3n) is 2.63. The van der Waals surface area contributed by atoms with Gasteiger partial charge in [-0.25, -0.2) is 9.37 Å². The molecule has 1 atom stereocenters. The maximum Gasteiger partial charge on any atom is 0.269 e. The van der Waals surface area contributed by atoms with E-state index in [1.165, 1.54) is 12.1 Å². The molecule has 2 rings (SSSR count). The van der Waals surface area contributed by atoms with Gasteiger partial charge in [-0.1, -0.05) is 0 Å². The van der Waals surface area contributed by atoms with E-state index in [2.05, 4.69) is 15.6 Å². The highest BCUT2D eigenvalue weighted by Gasteiger charge is 2.15. The standard InChI is InChI=1S/C11H14FN3O.ClH/c12-8-3-4-10(14-6-8)11(16)15-7-9-2-1-5-13-9;/h3-4,6,9,13H,1-2,5,7H2,(H,15,16);1H. The second-order valence-corrected chi connectivity index (χ2v) is 3.86. The molecule has 1 saturated heterocycles. The Morgan fingerprint density at radius 2 is 2.41 bits per heavy atom. The van der Waals surface area contributed by atoms with Crippen molar-refractivity contribution in [2.45, 2.75) is 18.9 Å². The summed E-state index contributed by atoms with van der Waals surface area (Å²) in [5.74, 6) is -0.692. The molecular weight excluding hydrogens is 245 g/mol. The van der Waals surface area contributed by atoms with Crippen LogP contribution >= 0.6 is 12.4 Å². The quantitative estimate of drug-likeness (QED) is 0.856. The molecule has 0 aromatic carbocycles. The highest BCUT2D eigenvalue weighted by atomic mass is 35.5. The van der Waals surface area contributed by atoms with E-state index < -0.39 is 5.82 Å². The van der Waals surface area contributed by atoms with Gasteiger partial charge in [0, 0.05) is 12.6 Å². The van der Waals surface area contributed by atoms with E-state index in [1.54, 1.807) is 0 Å². The maximum absolute atomic E-state index is 12.6. The molecule has 1 aromatic rings. The van der Waals surface area contributed by atoms with E-state index in [1.807, 2.05) is 0 Å². The first-order valence-electron chi connectivity index (χ1n) is 5.39. The van der Waals surface area contributed by atoms with E-state index >= 15 is 0 Å². The second kappa shape index (κ2) is 6.51. The van der Waals surface area contributed by atoms with Crippen LogP contribution in [0.2, 0.25) is 0 Å². The fourth-order valence-corrected chi connectivity index (χ4v) is 1.75. The van der Waals surface area contributed by atoms with Crippen LogP contribution in [0, 0.1) is 5.82 Å². The number of pyridine rings is 1. The average Bonchev–Trinajstić information content (AvgIpc) is 2.80. The summed E-state index contributed by atoms with van der Waals surface area (Å²) in [5, 5.41) is 6.05. The lowest BCUT2D eigenvalue weighted by Crippen LogP contribution is -2.37. The first-order valence-corrected chi connectivity index (χ1v) is 5.39. The van der Waals surface area contributed by atoms with Crippen LogP contribution in [-0.2, 0) is 0 Å². The molecule has 0 spiro atoms. The molecule has 1 fully saturated rings. The van der Waals surface area contributed by atoms with Crippen molar-refractivity contribution in [2.75, 3.05) is 13.1 Å². The fourth-order valence-electron chi connectivity index (χ4n) is 1.75. The zero-order valence-electron chi connectivity index (χ0n) is 9.28.